The molecule has 3 aromatic rings. The van der Waals surface area contributed by atoms with Crippen molar-refractivity contribution in [2.45, 2.75) is 13.0 Å². The summed E-state index contributed by atoms with van der Waals surface area (Å²) in [6.07, 6.45) is 3.46. The number of methoxy groups -OCH3 is 1. The van der Waals surface area contributed by atoms with Crippen molar-refractivity contribution in [1.82, 2.24) is 14.9 Å². The van der Waals surface area contributed by atoms with E-state index in [1.807, 2.05) is 35.9 Å². The predicted molar refractivity (Wildman–Crippen MR) is 96.6 cm³/mol. The molecule has 1 atom stereocenters. The standard InChI is InChI=1S/C20H20FN3O2/c1-13-8-9-14(12-16(13)21)20(25)23-18(19-22-10-11-24(19)2)15-6-4-5-7-17(15)26-3/h4-12,18H,1-3H3,(H,23,25)/t18-/m1/s1. The van der Waals surface area contributed by atoms with Gasteiger partial charge in [-0.3, -0.25) is 4.79 Å². The summed E-state index contributed by atoms with van der Waals surface area (Å²) in [6, 6.07) is 11.3. The summed E-state index contributed by atoms with van der Waals surface area (Å²) < 4.78 is 21.1. The number of nitrogens with zero attached hydrogens (tertiary/aromatic N) is 2. The van der Waals surface area contributed by atoms with Gasteiger partial charge in [0.15, 0.2) is 0 Å². The van der Waals surface area contributed by atoms with E-state index in [9.17, 15) is 9.18 Å². The summed E-state index contributed by atoms with van der Waals surface area (Å²) in [5, 5.41) is 2.95. The van der Waals surface area contributed by atoms with E-state index in [1.165, 1.54) is 6.07 Å². The Morgan fingerprint density at radius 1 is 1.27 bits per heavy atom. The molecule has 0 aliphatic carbocycles. The van der Waals surface area contributed by atoms with Gasteiger partial charge in [-0.25, -0.2) is 9.37 Å². The van der Waals surface area contributed by atoms with Crippen LogP contribution >= 0.6 is 0 Å². The van der Waals surface area contributed by atoms with Crippen LogP contribution in [-0.2, 0) is 7.05 Å². The van der Waals surface area contributed by atoms with E-state index in [-0.39, 0.29) is 11.5 Å². The Labute approximate surface area is 151 Å². The second-order valence-corrected chi connectivity index (χ2v) is 6.01. The van der Waals surface area contributed by atoms with Crippen molar-refractivity contribution in [1.29, 1.82) is 0 Å². The van der Waals surface area contributed by atoms with Crippen LogP contribution in [0.3, 0.4) is 0 Å². The van der Waals surface area contributed by atoms with Gasteiger partial charge in [0.2, 0.25) is 0 Å². The number of nitrogens with one attached hydrogen (secondary N) is 1. The smallest absolute Gasteiger partial charge is 0.252 e. The van der Waals surface area contributed by atoms with E-state index in [0.29, 0.717) is 17.1 Å². The Morgan fingerprint density at radius 2 is 2.04 bits per heavy atom. The zero-order valence-corrected chi connectivity index (χ0v) is 14.9. The van der Waals surface area contributed by atoms with Gasteiger partial charge in [0.1, 0.15) is 23.4 Å². The molecule has 1 heterocycles. The van der Waals surface area contributed by atoms with Gasteiger partial charge in [0.05, 0.1) is 7.11 Å². The number of hydrogen-bond donors (Lipinski definition) is 1. The molecular weight excluding hydrogens is 333 g/mol. The highest BCUT2D eigenvalue weighted by molar-refractivity contribution is 5.94. The molecule has 26 heavy (non-hydrogen) atoms. The van der Waals surface area contributed by atoms with Crippen LogP contribution in [0.1, 0.15) is 33.4 Å². The predicted octanol–water partition coefficient (Wildman–Crippen LogP) is 3.40. The quantitative estimate of drug-likeness (QED) is 0.765. The highest BCUT2D eigenvalue weighted by Gasteiger charge is 2.24. The van der Waals surface area contributed by atoms with Crippen LogP contribution < -0.4 is 10.1 Å². The van der Waals surface area contributed by atoms with Crippen molar-refractivity contribution in [3.8, 4) is 5.75 Å². The normalized spacial score (nSPS) is 11.8. The zero-order valence-electron chi connectivity index (χ0n) is 14.9. The SMILES string of the molecule is COc1ccccc1[C@@H](NC(=O)c1ccc(C)c(F)c1)c1nccn1C. The van der Waals surface area contributed by atoms with Crippen molar-refractivity contribution < 1.29 is 13.9 Å². The van der Waals surface area contributed by atoms with Gasteiger partial charge >= 0.3 is 0 Å². The number of amides is 1. The topological polar surface area (TPSA) is 56.1 Å². The summed E-state index contributed by atoms with van der Waals surface area (Å²) in [6.45, 7) is 1.66. The highest BCUT2D eigenvalue weighted by Crippen LogP contribution is 2.29. The number of carbonyl (C=O) groups is 1. The summed E-state index contributed by atoms with van der Waals surface area (Å²) in [7, 11) is 3.42. The Balaban J connectivity index is 2.00. The molecule has 6 heteroatoms. The van der Waals surface area contributed by atoms with Crippen molar-refractivity contribution in [3.63, 3.8) is 0 Å². The lowest BCUT2D eigenvalue weighted by atomic mass is 10.0. The first-order chi connectivity index (χ1) is 12.5. The molecule has 0 spiro atoms. The average molecular weight is 353 g/mol. The molecule has 3 rings (SSSR count). The summed E-state index contributed by atoms with van der Waals surface area (Å²) in [5.41, 5.74) is 1.51. The third-order valence-electron chi connectivity index (χ3n) is 4.28. The molecule has 5 nitrogen and oxygen atoms in total. The molecule has 1 N–H and O–H groups in total. The zero-order chi connectivity index (χ0) is 18.7. The van der Waals surface area contributed by atoms with E-state index in [2.05, 4.69) is 10.3 Å². The molecule has 0 saturated carbocycles. The molecule has 0 bridgehead atoms. The average Bonchev–Trinajstić information content (AvgIpc) is 3.07. The third-order valence-corrected chi connectivity index (χ3v) is 4.28. The second-order valence-electron chi connectivity index (χ2n) is 6.01. The number of hydrogen-bond acceptors (Lipinski definition) is 3. The molecule has 0 unspecified atom stereocenters. The fraction of sp³-hybridized carbons (Fsp3) is 0.200. The first-order valence-electron chi connectivity index (χ1n) is 8.18. The summed E-state index contributed by atoms with van der Waals surface area (Å²) >= 11 is 0. The number of aryl methyl sites for hydroxylation is 2. The Kier molecular flexibility index (Phi) is 5.02. The van der Waals surface area contributed by atoms with Gasteiger partial charge in [0.25, 0.3) is 5.91 Å². The first kappa shape index (κ1) is 17.7. The van der Waals surface area contributed by atoms with Gasteiger partial charge < -0.3 is 14.6 Å². The number of benzene rings is 2. The monoisotopic (exact) mass is 353 g/mol. The maximum absolute atomic E-state index is 13.8. The molecule has 0 saturated heterocycles. The van der Waals surface area contributed by atoms with Crippen LogP contribution in [0.15, 0.2) is 54.9 Å². The highest BCUT2D eigenvalue weighted by atomic mass is 19.1. The largest absolute Gasteiger partial charge is 0.496 e. The summed E-state index contributed by atoms with van der Waals surface area (Å²) in [5.74, 6) is 0.484. The first-order valence-corrected chi connectivity index (χ1v) is 8.18. The van der Waals surface area contributed by atoms with Crippen molar-refractivity contribution in [2.75, 3.05) is 7.11 Å². The van der Waals surface area contributed by atoms with Gasteiger partial charge in [-0.1, -0.05) is 24.3 Å². The molecule has 0 fully saturated rings. The fourth-order valence-electron chi connectivity index (χ4n) is 2.79. The van der Waals surface area contributed by atoms with Gasteiger partial charge in [-0.2, -0.15) is 0 Å². The van der Waals surface area contributed by atoms with E-state index >= 15 is 0 Å². The molecule has 0 aliphatic heterocycles. The Morgan fingerprint density at radius 3 is 2.69 bits per heavy atom. The summed E-state index contributed by atoms with van der Waals surface area (Å²) in [4.78, 5) is 17.1. The van der Waals surface area contributed by atoms with Crippen LogP contribution in [0.5, 0.6) is 5.75 Å². The molecule has 134 valence electrons. The van der Waals surface area contributed by atoms with Crippen molar-refractivity contribution in [2.24, 2.45) is 7.05 Å². The van der Waals surface area contributed by atoms with Crippen LogP contribution in [-0.4, -0.2) is 22.6 Å². The molecule has 1 amide bonds. The number of aromatic nitrogens is 2. The lowest BCUT2D eigenvalue weighted by Gasteiger charge is -2.21. The molecule has 0 radical (unpaired) electrons. The minimum Gasteiger partial charge on any atom is -0.496 e. The maximum Gasteiger partial charge on any atom is 0.252 e. The fourth-order valence-corrected chi connectivity index (χ4v) is 2.79. The van der Waals surface area contributed by atoms with Crippen LogP contribution in [0, 0.1) is 12.7 Å². The van der Waals surface area contributed by atoms with Gasteiger partial charge in [-0.15, -0.1) is 0 Å². The minimum atomic E-state index is -0.539. The van der Waals surface area contributed by atoms with E-state index < -0.39 is 11.9 Å². The number of halogens is 1. The molecule has 1 aromatic heterocycles. The molecule has 2 aromatic carbocycles. The lowest BCUT2D eigenvalue weighted by molar-refractivity contribution is 0.0940. The maximum atomic E-state index is 13.8. The lowest BCUT2D eigenvalue weighted by Crippen LogP contribution is -2.31. The number of ether oxygens (including phenoxy) is 1. The second kappa shape index (κ2) is 7.39. The van der Waals surface area contributed by atoms with Gasteiger partial charge in [0, 0.05) is 30.6 Å². The van der Waals surface area contributed by atoms with Crippen LogP contribution in [0.4, 0.5) is 4.39 Å². The van der Waals surface area contributed by atoms with E-state index in [4.69, 9.17) is 4.74 Å². The molecular formula is C20H20FN3O2. The number of imidazole rings is 1. The number of rotatable bonds is 5. The van der Waals surface area contributed by atoms with Crippen LogP contribution in [0.25, 0.3) is 0 Å². The third kappa shape index (κ3) is 3.44. The number of para-hydroxylation sites is 1. The van der Waals surface area contributed by atoms with Crippen LogP contribution in [0.2, 0.25) is 0 Å². The van der Waals surface area contributed by atoms with Crippen molar-refractivity contribution >= 4 is 5.91 Å². The van der Waals surface area contributed by atoms with Gasteiger partial charge in [-0.05, 0) is 30.7 Å². The Bertz CT molecular complexity index is 936. The number of carbonyl (C=O) groups excluding carboxylic acids is 1. The van der Waals surface area contributed by atoms with E-state index in [0.717, 1.165) is 5.56 Å². The molecule has 0 aliphatic rings. The van der Waals surface area contributed by atoms with Crippen molar-refractivity contribution in [3.05, 3.63) is 83.2 Å². The minimum absolute atomic E-state index is 0.252. The Hall–Kier alpha value is -3.15. The van der Waals surface area contributed by atoms with E-state index in [1.54, 1.807) is 38.6 Å².